The highest BCUT2D eigenvalue weighted by Gasteiger charge is 2.36. The quantitative estimate of drug-likeness (QED) is 0.321. The summed E-state index contributed by atoms with van der Waals surface area (Å²) >= 11 is 0. The number of nitrogens with one attached hydrogen (secondary N) is 1. The number of likely N-dealkylation sites (N-methyl/N-ethyl adjacent to an activating group) is 2. The third-order valence-electron chi connectivity index (χ3n) is 6.11. The Morgan fingerprint density at radius 3 is 2.51 bits per heavy atom. The summed E-state index contributed by atoms with van der Waals surface area (Å²) in [5.74, 6) is 0.578. The molecule has 0 spiro atoms. The molecule has 196 valence electrons. The third kappa shape index (κ3) is 5.41. The van der Waals surface area contributed by atoms with E-state index in [0.717, 1.165) is 25.0 Å². The zero-order chi connectivity index (χ0) is 26.9. The molecule has 0 aliphatic heterocycles. The maximum absolute atomic E-state index is 14.0. The molecule has 3 N–H and O–H groups in total. The van der Waals surface area contributed by atoms with Crippen LogP contribution in [0, 0.1) is 0 Å². The van der Waals surface area contributed by atoms with Gasteiger partial charge in [0.15, 0.2) is 0 Å². The number of hydrogen-bond acceptors (Lipinski definition) is 7. The number of benzene rings is 2. The molecular weight excluding hydrogens is 483 g/mol. The first-order valence-corrected chi connectivity index (χ1v) is 11.6. The minimum Gasteiger partial charge on any atom is -0.495 e. The predicted molar refractivity (Wildman–Crippen MR) is 141 cm³/mol. The number of ether oxygens (including phenoxy) is 1. The summed E-state index contributed by atoms with van der Waals surface area (Å²) in [5, 5.41) is 3.59. The molecule has 0 unspecified atom stereocenters. The first kappa shape index (κ1) is 26.1. The van der Waals surface area contributed by atoms with Gasteiger partial charge in [0.25, 0.3) is 0 Å². The molecule has 0 bridgehead atoms. The van der Waals surface area contributed by atoms with Crippen LogP contribution in [0.4, 0.5) is 36.2 Å². The molecule has 8 nitrogen and oxygen atoms in total. The van der Waals surface area contributed by atoms with E-state index in [0.29, 0.717) is 33.6 Å². The number of rotatable bonds is 8. The summed E-state index contributed by atoms with van der Waals surface area (Å²) < 4.78 is 49.1. The first-order chi connectivity index (χ1) is 17.5. The van der Waals surface area contributed by atoms with Gasteiger partial charge in [0.2, 0.25) is 5.95 Å². The van der Waals surface area contributed by atoms with Crippen molar-refractivity contribution in [1.29, 1.82) is 0 Å². The number of halogens is 3. The Labute approximate surface area is 213 Å². The van der Waals surface area contributed by atoms with Gasteiger partial charge in [-0.2, -0.15) is 13.2 Å². The largest absolute Gasteiger partial charge is 0.495 e. The number of hydrogen-bond donors (Lipinski definition) is 2. The molecule has 2 aromatic heterocycles. The maximum atomic E-state index is 14.0. The van der Waals surface area contributed by atoms with E-state index in [1.165, 1.54) is 7.11 Å². The smallest absolute Gasteiger partial charge is 0.419 e. The van der Waals surface area contributed by atoms with Gasteiger partial charge in [0.1, 0.15) is 11.3 Å². The SMILES string of the molecule is COc1cccc2c(-c3nc(Nc4ccc(N(C)CCN(C)C)c(N)c4)ncc3C(F)(F)F)cn(C)c12. The lowest BCUT2D eigenvalue weighted by molar-refractivity contribution is -0.137. The molecule has 0 amide bonds. The molecule has 0 radical (unpaired) electrons. The molecule has 4 aromatic rings. The number of aromatic nitrogens is 3. The summed E-state index contributed by atoms with van der Waals surface area (Å²) in [6.45, 7) is 1.64. The maximum Gasteiger partial charge on any atom is 0.419 e. The number of alkyl halides is 3. The molecule has 11 heteroatoms. The number of nitrogens with zero attached hydrogens (tertiary/aromatic N) is 5. The molecular formula is C26H30F3N7O. The highest BCUT2D eigenvalue weighted by Crippen LogP contribution is 2.41. The lowest BCUT2D eigenvalue weighted by Gasteiger charge is -2.23. The van der Waals surface area contributed by atoms with Crippen molar-refractivity contribution in [3.63, 3.8) is 0 Å². The Morgan fingerprint density at radius 1 is 1.11 bits per heavy atom. The number of fused-ring (bicyclic) bond motifs is 1. The summed E-state index contributed by atoms with van der Waals surface area (Å²) in [7, 11) is 9.22. The predicted octanol–water partition coefficient (Wildman–Crippen LogP) is 4.99. The number of aryl methyl sites for hydroxylation is 1. The molecule has 0 aliphatic carbocycles. The monoisotopic (exact) mass is 513 g/mol. The van der Waals surface area contributed by atoms with Crippen LogP contribution in [0.3, 0.4) is 0 Å². The van der Waals surface area contributed by atoms with Gasteiger partial charge >= 0.3 is 6.18 Å². The third-order valence-corrected chi connectivity index (χ3v) is 6.11. The number of para-hydroxylation sites is 1. The van der Waals surface area contributed by atoms with Gasteiger partial charge in [-0.25, -0.2) is 9.97 Å². The van der Waals surface area contributed by atoms with E-state index < -0.39 is 11.7 Å². The molecule has 2 heterocycles. The van der Waals surface area contributed by atoms with Crippen LogP contribution >= 0.6 is 0 Å². The van der Waals surface area contributed by atoms with Crippen molar-refractivity contribution in [2.45, 2.75) is 6.18 Å². The Hall–Kier alpha value is -3.99. The Bertz CT molecular complexity index is 1420. The van der Waals surface area contributed by atoms with E-state index in [4.69, 9.17) is 10.5 Å². The van der Waals surface area contributed by atoms with Crippen LogP contribution < -0.4 is 20.7 Å². The van der Waals surface area contributed by atoms with Crippen molar-refractivity contribution >= 4 is 33.9 Å². The van der Waals surface area contributed by atoms with E-state index >= 15 is 0 Å². The summed E-state index contributed by atoms with van der Waals surface area (Å²) in [5.41, 5.74) is 8.06. The van der Waals surface area contributed by atoms with Crippen LogP contribution in [0.5, 0.6) is 5.75 Å². The van der Waals surface area contributed by atoms with Gasteiger partial charge in [0.05, 0.1) is 29.7 Å². The molecule has 4 rings (SSSR count). The molecule has 0 saturated carbocycles. The number of nitrogens with two attached hydrogens (primary N) is 1. The number of nitrogen functional groups attached to an aromatic ring is 1. The average molecular weight is 514 g/mol. The zero-order valence-corrected chi connectivity index (χ0v) is 21.4. The Morgan fingerprint density at radius 2 is 1.86 bits per heavy atom. The fourth-order valence-electron chi connectivity index (χ4n) is 4.22. The van der Waals surface area contributed by atoms with Crippen molar-refractivity contribution in [1.82, 2.24) is 19.4 Å². The molecule has 2 aromatic carbocycles. The van der Waals surface area contributed by atoms with Crippen molar-refractivity contribution < 1.29 is 17.9 Å². The minimum absolute atomic E-state index is 0.0241. The van der Waals surface area contributed by atoms with Crippen molar-refractivity contribution in [3.05, 3.63) is 54.4 Å². The average Bonchev–Trinajstić information content (AvgIpc) is 3.18. The second kappa shape index (κ2) is 10.2. The van der Waals surface area contributed by atoms with Crippen LogP contribution in [0.25, 0.3) is 22.2 Å². The van der Waals surface area contributed by atoms with Gasteiger partial charge in [0, 0.05) is 56.2 Å². The van der Waals surface area contributed by atoms with E-state index in [1.54, 1.807) is 48.1 Å². The highest BCUT2D eigenvalue weighted by molar-refractivity contribution is 5.99. The first-order valence-electron chi connectivity index (χ1n) is 11.6. The normalized spacial score (nSPS) is 11.8. The van der Waals surface area contributed by atoms with E-state index in [9.17, 15) is 13.2 Å². The highest BCUT2D eigenvalue weighted by atomic mass is 19.4. The van der Waals surface area contributed by atoms with E-state index in [2.05, 4.69) is 20.2 Å². The summed E-state index contributed by atoms with van der Waals surface area (Å²) in [4.78, 5) is 12.4. The van der Waals surface area contributed by atoms with Crippen molar-refractivity contribution in [2.75, 3.05) is 57.3 Å². The van der Waals surface area contributed by atoms with E-state index in [1.807, 2.05) is 32.1 Å². The fourth-order valence-corrected chi connectivity index (χ4v) is 4.22. The fraction of sp³-hybridized carbons (Fsp3) is 0.308. The zero-order valence-electron chi connectivity index (χ0n) is 21.4. The van der Waals surface area contributed by atoms with Crippen molar-refractivity contribution in [2.24, 2.45) is 7.05 Å². The van der Waals surface area contributed by atoms with Crippen LogP contribution in [0.15, 0.2) is 48.8 Å². The molecule has 0 fully saturated rings. The van der Waals surface area contributed by atoms with Gasteiger partial charge in [-0.05, 0) is 38.4 Å². The van der Waals surface area contributed by atoms with Crippen LogP contribution in [-0.4, -0.2) is 60.8 Å². The Balaban J connectivity index is 1.72. The second-order valence-electron chi connectivity index (χ2n) is 9.09. The number of anilines is 4. The van der Waals surface area contributed by atoms with Crippen molar-refractivity contribution in [3.8, 4) is 17.0 Å². The summed E-state index contributed by atoms with van der Waals surface area (Å²) in [6, 6.07) is 10.6. The van der Waals surface area contributed by atoms with Gasteiger partial charge in [-0.1, -0.05) is 12.1 Å². The van der Waals surface area contributed by atoms with Gasteiger partial charge in [-0.15, -0.1) is 0 Å². The van der Waals surface area contributed by atoms with Gasteiger partial charge in [-0.3, -0.25) is 0 Å². The standard InChI is InChI=1S/C26H30F3N7O/c1-34(2)11-12-35(3)21-10-9-16(13-20(21)30)32-25-31-14-19(26(27,28)29)23(33-25)18-15-36(4)24-17(18)7-6-8-22(24)37-5/h6-10,13-15H,11-12,30H2,1-5H3,(H,31,32,33). The van der Waals surface area contributed by atoms with Crippen LogP contribution in [-0.2, 0) is 13.2 Å². The summed E-state index contributed by atoms with van der Waals surface area (Å²) in [6.07, 6.45) is -2.22. The molecule has 0 saturated heterocycles. The minimum atomic E-state index is -4.64. The van der Waals surface area contributed by atoms with Gasteiger partial charge < -0.3 is 30.2 Å². The molecule has 0 atom stereocenters. The van der Waals surface area contributed by atoms with Crippen LogP contribution in [0.1, 0.15) is 5.56 Å². The second-order valence-corrected chi connectivity index (χ2v) is 9.09. The van der Waals surface area contributed by atoms with Crippen LogP contribution in [0.2, 0.25) is 0 Å². The lowest BCUT2D eigenvalue weighted by atomic mass is 10.1. The van der Waals surface area contributed by atoms with E-state index in [-0.39, 0.29) is 11.6 Å². The molecule has 37 heavy (non-hydrogen) atoms. The molecule has 0 aliphatic rings. The number of methoxy groups -OCH3 is 1. The topological polar surface area (TPSA) is 84.5 Å². The lowest BCUT2D eigenvalue weighted by Crippen LogP contribution is -2.28. The Kier molecular flexibility index (Phi) is 7.17.